The second-order valence-corrected chi connectivity index (χ2v) is 9.15. The number of hydrogen-bond donors (Lipinski definition) is 0. The van der Waals surface area contributed by atoms with E-state index in [-0.39, 0.29) is 23.5 Å². The summed E-state index contributed by atoms with van der Waals surface area (Å²) in [4.78, 5) is 13.0. The average molecular weight is 457 g/mol. The van der Waals surface area contributed by atoms with E-state index < -0.39 is 0 Å². The number of ether oxygens (including phenoxy) is 1. The summed E-state index contributed by atoms with van der Waals surface area (Å²) < 4.78 is 23.4. The standard InChI is InChI=1S/C24H29FN4O2S/c1-4-11-28-16(2)13-21(17(28)3)22(30)15-32-24-27-26-23(18-7-9-19(25)10-8-18)29(24)14-20-6-5-12-31-20/h7-10,13,20H,4-6,11-12,14-15H2,1-3H3/t20-/m1/s1. The molecule has 0 aliphatic carbocycles. The number of nitrogens with zero attached hydrogens (tertiary/aromatic N) is 4. The molecule has 0 radical (unpaired) electrons. The van der Waals surface area contributed by atoms with Gasteiger partial charge in [-0.05, 0) is 63.4 Å². The van der Waals surface area contributed by atoms with Gasteiger partial charge in [0.25, 0.3) is 0 Å². The number of carbonyl (C=O) groups is 1. The quantitative estimate of drug-likeness (QED) is 0.332. The first kappa shape index (κ1) is 22.7. The maximum atomic E-state index is 13.4. The van der Waals surface area contributed by atoms with Gasteiger partial charge in [-0.2, -0.15) is 0 Å². The number of thioether (sulfide) groups is 1. The molecule has 0 saturated carbocycles. The number of aromatic nitrogens is 4. The van der Waals surface area contributed by atoms with Gasteiger partial charge in [0, 0.05) is 35.7 Å². The van der Waals surface area contributed by atoms with Crippen LogP contribution in [0, 0.1) is 19.7 Å². The van der Waals surface area contributed by atoms with Crippen LogP contribution in [-0.2, 0) is 17.8 Å². The monoisotopic (exact) mass is 456 g/mol. The molecule has 0 N–H and O–H groups in total. The minimum atomic E-state index is -0.292. The Bertz CT molecular complexity index is 1080. The molecule has 3 aromatic rings. The zero-order valence-electron chi connectivity index (χ0n) is 18.8. The molecule has 1 aromatic carbocycles. The SMILES string of the molecule is CCCn1c(C)cc(C(=O)CSc2nnc(-c3ccc(F)cc3)n2C[C@H]2CCCO2)c1C. The van der Waals surface area contributed by atoms with Crippen LogP contribution in [0.4, 0.5) is 4.39 Å². The Morgan fingerprint density at radius 3 is 2.69 bits per heavy atom. The van der Waals surface area contributed by atoms with Gasteiger partial charge in [0.2, 0.25) is 0 Å². The van der Waals surface area contributed by atoms with Crippen LogP contribution in [0.25, 0.3) is 11.4 Å². The van der Waals surface area contributed by atoms with Crippen LogP contribution in [0.1, 0.15) is 47.9 Å². The number of Topliss-reactive ketones (excluding diaryl/α,β-unsaturated/α-hetero) is 1. The molecule has 6 nitrogen and oxygen atoms in total. The van der Waals surface area contributed by atoms with Gasteiger partial charge in [0.1, 0.15) is 5.82 Å². The summed E-state index contributed by atoms with van der Waals surface area (Å²) in [7, 11) is 0. The fraction of sp³-hybridized carbons (Fsp3) is 0.458. The molecule has 1 atom stereocenters. The van der Waals surface area contributed by atoms with Gasteiger partial charge in [-0.25, -0.2) is 4.39 Å². The minimum absolute atomic E-state index is 0.0838. The van der Waals surface area contributed by atoms with E-state index in [1.807, 2.05) is 24.5 Å². The molecule has 4 rings (SSSR count). The second kappa shape index (κ2) is 10.0. The zero-order valence-corrected chi connectivity index (χ0v) is 19.6. The zero-order chi connectivity index (χ0) is 22.7. The molecular weight excluding hydrogens is 427 g/mol. The van der Waals surface area contributed by atoms with Gasteiger partial charge in [-0.3, -0.25) is 9.36 Å². The lowest BCUT2D eigenvalue weighted by molar-refractivity contribution is 0.0953. The van der Waals surface area contributed by atoms with Crippen molar-refractivity contribution in [2.75, 3.05) is 12.4 Å². The minimum Gasteiger partial charge on any atom is -0.376 e. The van der Waals surface area contributed by atoms with Crippen molar-refractivity contribution in [2.45, 2.75) is 64.4 Å². The fourth-order valence-electron chi connectivity index (χ4n) is 4.22. The topological polar surface area (TPSA) is 61.9 Å². The van der Waals surface area contributed by atoms with E-state index in [1.165, 1.54) is 23.9 Å². The maximum absolute atomic E-state index is 13.4. The summed E-state index contributed by atoms with van der Waals surface area (Å²) in [6, 6.07) is 8.22. The summed E-state index contributed by atoms with van der Waals surface area (Å²) in [5.74, 6) is 0.737. The van der Waals surface area contributed by atoms with E-state index in [2.05, 4.69) is 21.7 Å². The molecule has 170 valence electrons. The Labute approximate surface area is 192 Å². The first-order valence-electron chi connectivity index (χ1n) is 11.1. The lowest BCUT2D eigenvalue weighted by Gasteiger charge is -2.14. The number of benzene rings is 1. The van der Waals surface area contributed by atoms with Crippen LogP contribution in [0.5, 0.6) is 0 Å². The van der Waals surface area contributed by atoms with Crippen molar-refractivity contribution in [3.8, 4) is 11.4 Å². The largest absolute Gasteiger partial charge is 0.376 e. The predicted molar refractivity (Wildman–Crippen MR) is 124 cm³/mol. The third-order valence-corrected chi connectivity index (χ3v) is 6.85. The van der Waals surface area contributed by atoms with E-state index in [9.17, 15) is 9.18 Å². The number of rotatable bonds is 9. The highest BCUT2D eigenvalue weighted by Gasteiger charge is 2.23. The third-order valence-electron chi connectivity index (χ3n) is 5.88. The van der Waals surface area contributed by atoms with Gasteiger partial charge < -0.3 is 9.30 Å². The molecule has 0 bridgehead atoms. The number of carbonyl (C=O) groups excluding carboxylic acids is 1. The van der Waals surface area contributed by atoms with E-state index in [1.54, 1.807) is 12.1 Å². The lowest BCUT2D eigenvalue weighted by Crippen LogP contribution is -2.17. The Balaban J connectivity index is 1.56. The molecule has 0 spiro atoms. The number of halogens is 1. The smallest absolute Gasteiger partial charge is 0.192 e. The summed E-state index contributed by atoms with van der Waals surface area (Å²) >= 11 is 1.39. The van der Waals surface area contributed by atoms with Crippen molar-refractivity contribution < 1.29 is 13.9 Å². The Morgan fingerprint density at radius 2 is 2.00 bits per heavy atom. The lowest BCUT2D eigenvalue weighted by atomic mass is 10.2. The highest BCUT2D eigenvalue weighted by atomic mass is 32.2. The van der Waals surface area contributed by atoms with Crippen molar-refractivity contribution in [3.05, 3.63) is 53.1 Å². The van der Waals surface area contributed by atoms with Crippen LogP contribution < -0.4 is 0 Å². The molecule has 1 saturated heterocycles. The van der Waals surface area contributed by atoms with Crippen LogP contribution >= 0.6 is 11.8 Å². The van der Waals surface area contributed by atoms with Gasteiger partial charge in [-0.1, -0.05) is 18.7 Å². The fourth-order valence-corrected chi connectivity index (χ4v) is 5.05. The molecule has 1 aliphatic rings. The van der Waals surface area contributed by atoms with Gasteiger partial charge >= 0.3 is 0 Å². The van der Waals surface area contributed by atoms with Crippen LogP contribution in [0.15, 0.2) is 35.5 Å². The molecule has 1 aliphatic heterocycles. The first-order valence-corrected chi connectivity index (χ1v) is 12.1. The van der Waals surface area contributed by atoms with Crippen molar-refractivity contribution >= 4 is 17.5 Å². The van der Waals surface area contributed by atoms with E-state index in [0.717, 1.165) is 54.9 Å². The third kappa shape index (κ3) is 4.81. The summed E-state index contributed by atoms with van der Waals surface area (Å²) in [6.07, 6.45) is 3.13. The van der Waals surface area contributed by atoms with Crippen molar-refractivity contribution in [1.29, 1.82) is 0 Å². The Kier molecular flexibility index (Phi) is 7.10. The van der Waals surface area contributed by atoms with Crippen LogP contribution in [-0.4, -0.2) is 43.6 Å². The first-order chi connectivity index (χ1) is 15.5. The van der Waals surface area contributed by atoms with Gasteiger partial charge in [0.05, 0.1) is 18.4 Å². The summed E-state index contributed by atoms with van der Waals surface area (Å²) in [5.41, 5.74) is 3.69. The average Bonchev–Trinajstić information content (AvgIpc) is 3.50. The van der Waals surface area contributed by atoms with Crippen molar-refractivity contribution in [3.63, 3.8) is 0 Å². The number of hydrogen-bond acceptors (Lipinski definition) is 5. The van der Waals surface area contributed by atoms with E-state index in [4.69, 9.17) is 4.74 Å². The number of aryl methyl sites for hydroxylation is 1. The molecule has 2 aromatic heterocycles. The molecule has 3 heterocycles. The predicted octanol–water partition coefficient (Wildman–Crippen LogP) is 5.07. The van der Waals surface area contributed by atoms with Crippen molar-refractivity contribution in [1.82, 2.24) is 19.3 Å². The highest BCUT2D eigenvalue weighted by Crippen LogP contribution is 2.28. The molecule has 1 fully saturated rings. The molecule has 0 unspecified atom stereocenters. The van der Waals surface area contributed by atoms with Crippen molar-refractivity contribution in [2.24, 2.45) is 0 Å². The van der Waals surface area contributed by atoms with Crippen LogP contribution in [0.3, 0.4) is 0 Å². The molecular formula is C24H29FN4O2S. The number of ketones is 1. The summed E-state index contributed by atoms with van der Waals surface area (Å²) in [6.45, 7) is 8.46. The second-order valence-electron chi connectivity index (χ2n) is 8.21. The van der Waals surface area contributed by atoms with E-state index >= 15 is 0 Å². The molecule has 0 amide bonds. The normalized spacial score (nSPS) is 16.1. The van der Waals surface area contributed by atoms with Crippen LogP contribution in [0.2, 0.25) is 0 Å². The maximum Gasteiger partial charge on any atom is 0.192 e. The molecule has 8 heteroatoms. The highest BCUT2D eigenvalue weighted by molar-refractivity contribution is 7.99. The van der Waals surface area contributed by atoms with Gasteiger partial charge in [0.15, 0.2) is 16.8 Å². The Hall–Kier alpha value is -2.45. The molecule has 32 heavy (non-hydrogen) atoms. The van der Waals surface area contributed by atoms with Gasteiger partial charge in [-0.15, -0.1) is 10.2 Å². The Morgan fingerprint density at radius 1 is 1.22 bits per heavy atom. The summed E-state index contributed by atoms with van der Waals surface area (Å²) in [5, 5.41) is 9.41. The van der Waals surface area contributed by atoms with E-state index in [0.29, 0.717) is 17.5 Å².